The standard InChI is InChI=1S/C24H18ClN5O2S/c25-19-10-4-2-7-16(19)12-26-21(31)14-33-24-28-22-18(13-27-29-22)23(32)30(24)20-11-5-8-15-6-1-3-9-17(15)20/h1-11,13H,12,14H2,(H,26,31)(H,27,29). The van der Waals surface area contributed by atoms with Crippen LogP contribution < -0.4 is 10.9 Å². The van der Waals surface area contributed by atoms with Crippen LogP contribution in [0.25, 0.3) is 27.5 Å². The summed E-state index contributed by atoms with van der Waals surface area (Å²) in [5, 5.41) is 12.9. The average molecular weight is 476 g/mol. The molecule has 7 nitrogen and oxygen atoms in total. The van der Waals surface area contributed by atoms with Gasteiger partial charge in [-0.15, -0.1) is 0 Å². The Hall–Kier alpha value is -3.62. The first-order valence-corrected chi connectivity index (χ1v) is 11.6. The van der Waals surface area contributed by atoms with Crippen molar-refractivity contribution >= 4 is 51.1 Å². The molecule has 2 heterocycles. The molecule has 5 aromatic rings. The molecule has 0 radical (unpaired) electrons. The zero-order valence-corrected chi connectivity index (χ0v) is 18.9. The monoisotopic (exact) mass is 475 g/mol. The first kappa shape index (κ1) is 21.2. The SMILES string of the molecule is O=C(CSc1nc2[nH]ncc2c(=O)n1-c1cccc2ccccc12)NCc1ccccc1Cl. The van der Waals surface area contributed by atoms with Crippen LogP contribution in [0.15, 0.2) is 82.9 Å². The summed E-state index contributed by atoms with van der Waals surface area (Å²) in [6, 6.07) is 20.9. The highest BCUT2D eigenvalue weighted by Crippen LogP contribution is 2.26. The molecule has 1 amide bonds. The second-order valence-electron chi connectivity index (χ2n) is 7.32. The van der Waals surface area contributed by atoms with Crippen LogP contribution in [0.2, 0.25) is 5.02 Å². The number of thioether (sulfide) groups is 1. The highest BCUT2D eigenvalue weighted by atomic mass is 35.5. The van der Waals surface area contributed by atoms with Crippen LogP contribution in [0, 0.1) is 0 Å². The molecule has 0 saturated heterocycles. The van der Waals surface area contributed by atoms with Crippen LogP contribution in [0.3, 0.4) is 0 Å². The average Bonchev–Trinajstić information content (AvgIpc) is 3.31. The molecule has 164 valence electrons. The fraction of sp³-hybridized carbons (Fsp3) is 0.0833. The van der Waals surface area contributed by atoms with Crippen molar-refractivity contribution < 1.29 is 4.79 Å². The van der Waals surface area contributed by atoms with Gasteiger partial charge in [-0.25, -0.2) is 4.98 Å². The molecule has 3 aromatic carbocycles. The summed E-state index contributed by atoms with van der Waals surface area (Å²) in [7, 11) is 0. The summed E-state index contributed by atoms with van der Waals surface area (Å²) in [5.74, 6) is -0.107. The lowest BCUT2D eigenvalue weighted by molar-refractivity contribution is -0.118. The van der Waals surface area contributed by atoms with Crippen LogP contribution in [0.5, 0.6) is 0 Å². The van der Waals surface area contributed by atoms with Crippen molar-refractivity contribution in [2.75, 3.05) is 5.75 Å². The van der Waals surface area contributed by atoms with E-state index in [9.17, 15) is 9.59 Å². The highest BCUT2D eigenvalue weighted by molar-refractivity contribution is 7.99. The topological polar surface area (TPSA) is 92.7 Å². The van der Waals surface area contributed by atoms with Crippen molar-refractivity contribution in [1.82, 2.24) is 25.1 Å². The van der Waals surface area contributed by atoms with Gasteiger partial charge in [0.05, 0.1) is 17.6 Å². The maximum atomic E-state index is 13.4. The second-order valence-corrected chi connectivity index (χ2v) is 8.67. The number of carbonyl (C=O) groups is 1. The molecule has 0 saturated carbocycles. The number of aromatic nitrogens is 4. The molecule has 0 aliphatic carbocycles. The lowest BCUT2D eigenvalue weighted by atomic mass is 10.1. The molecule has 0 aliphatic rings. The lowest BCUT2D eigenvalue weighted by Crippen LogP contribution is -2.26. The summed E-state index contributed by atoms with van der Waals surface area (Å²) in [6.45, 7) is 0.322. The highest BCUT2D eigenvalue weighted by Gasteiger charge is 2.17. The smallest absolute Gasteiger partial charge is 0.269 e. The molecular weight excluding hydrogens is 458 g/mol. The number of benzene rings is 3. The number of carbonyl (C=O) groups excluding carboxylic acids is 1. The van der Waals surface area contributed by atoms with E-state index in [1.807, 2.05) is 60.7 Å². The minimum absolute atomic E-state index is 0.0846. The Labute approximate surface area is 197 Å². The number of hydrogen-bond donors (Lipinski definition) is 2. The molecule has 5 rings (SSSR count). The normalized spacial score (nSPS) is 11.2. The molecule has 2 aromatic heterocycles. The van der Waals surface area contributed by atoms with Gasteiger partial charge in [-0.3, -0.25) is 19.3 Å². The Balaban J connectivity index is 1.47. The Morgan fingerprint density at radius 2 is 1.82 bits per heavy atom. The molecule has 2 N–H and O–H groups in total. The first-order chi connectivity index (χ1) is 16.1. The summed E-state index contributed by atoms with van der Waals surface area (Å²) in [4.78, 5) is 30.5. The third-order valence-corrected chi connectivity index (χ3v) is 6.53. The second kappa shape index (κ2) is 9.09. The van der Waals surface area contributed by atoms with Crippen LogP contribution >= 0.6 is 23.4 Å². The molecule has 0 spiro atoms. The zero-order chi connectivity index (χ0) is 22.8. The molecule has 0 unspecified atom stereocenters. The Kier molecular flexibility index (Phi) is 5.85. The maximum Gasteiger partial charge on any atom is 0.269 e. The number of nitrogens with one attached hydrogen (secondary N) is 2. The van der Waals surface area contributed by atoms with E-state index in [4.69, 9.17) is 11.6 Å². The van der Waals surface area contributed by atoms with E-state index in [1.165, 1.54) is 18.0 Å². The number of fused-ring (bicyclic) bond motifs is 2. The zero-order valence-electron chi connectivity index (χ0n) is 17.3. The van der Waals surface area contributed by atoms with Crippen LogP contribution in [0.4, 0.5) is 0 Å². The van der Waals surface area contributed by atoms with E-state index >= 15 is 0 Å². The number of rotatable bonds is 6. The Morgan fingerprint density at radius 3 is 2.70 bits per heavy atom. The largest absolute Gasteiger partial charge is 0.351 e. The third kappa shape index (κ3) is 4.22. The summed E-state index contributed by atoms with van der Waals surface area (Å²) < 4.78 is 1.55. The van der Waals surface area contributed by atoms with Crippen LogP contribution in [-0.4, -0.2) is 31.4 Å². The minimum atomic E-state index is -0.246. The van der Waals surface area contributed by atoms with Gasteiger partial charge in [-0.05, 0) is 23.1 Å². The van der Waals surface area contributed by atoms with Gasteiger partial charge in [0.2, 0.25) is 5.91 Å². The quantitative estimate of drug-likeness (QED) is 0.282. The first-order valence-electron chi connectivity index (χ1n) is 10.2. The number of H-pyrrole nitrogens is 1. The lowest BCUT2D eigenvalue weighted by Gasteiger charge is -2.14. The molecule has 0 bridgehead atoms. The predicted octanol–water partition coefficient (Wildman–Crippen LogP) is 4.32. The van der Waals surface area contributed by atoms with E-state index in [1.54, 1.807) is 10.6 Å². The van der Waals surface area contributed by atoms with Crippen LogP contribution in [-0.2, 0) is 11.3 Å². The van der Waals surface area contributed by atoms with Crippen molar-refractivity contribution in [3.8, 4) is 5.69 Å². The van der Waals surface area contributed by atoms with E-state index in [2.05, 4.69) is 20.5 Å². The van der Waals surface area contributed by atoms with E-state index in [-0.39, 0.29) is 17.2 Å². The summed E-state index contributed by atoms with van der Waals surface area (Å²) >= 11 is 7.35. The number of aromatic amines is 1. The van der Waals surface area contributed by atoms with Gasteiger partial charge in [0.25, 0.3) is 5.56 Å². The fourth-order valence-corrected chi connectivity index (χ4v) is 4.63. The van der Waals surface area contributed by atoms with Gasteiger partial charge in [-0.1, -0.05) is 78.0 Å². The van der Waals surface area contributed by atoms with Gasteiger partial charge in [-0.2, -0.15) is 5.10 Å². The predicted molar refractivity (Wildman–Crippen MR) is 131 cm³/mol. The van der Waals surface area contributed by atoms with Crippen molar-refractivity contribution in [3.63, 3.8) is 0 Å². The maximum absolute atomic E-state index is 13.4. The van der Waals surface area contributed by atoms with Crippen molar-refractivity contribution in [2.45, 2.75) is 11.7 Å². The van der Waals surface area contributed by atoms with E-state index in [0.29, 0.717) is 33.4 Å². The number of hydrogen-bond acceptors (Lipinski definition) is 5. The molecular formula is C24H18ClN5O2S. The van der Waals surface area contributed by atoms with Crippen molar-refractivity contribution in [3.05, 3.63) is 93.9 Å². The van der Waals surface area contributed by atoms with Gasteiger partial charge in [0, 0.05) is 17.0 Å². The molecule has 0 aliphatic heterocycles. The van der Waals surface area contributed by atoms with Crippen LogP contribution in [0.1, 0.15) is 5.56 Å². The van der Waals surface area contributed by atoms with Gasteiger partial charge >= 0.3 is 0 Å². The van der Waals surface area contributed by atoms with Gasteiger partial charge in [0.1, 0.15) is 5.39 Å². The molecule has 0 atom stereocenters. The molecule has 0 fully saturated rings. The molecule has 9 heteroatoms. The Morgan fingerprint density at radius 1 is 1.03 bits per heavy atom. The molecule has 33 heavy (non-hydrogen) atoms. The summed E-state index contributed by atoms with van der Waals surface area (Å²) in [5.41, 5.74) is 1.68. The van der Waals surface area contributed by atoms with E-state index in [0.717, 1.165) is 16.3 Å². The number of halogens is 1. The minimum Gasteiger partial charge on any atom is -0.351 e. The third-order valence-electron chi connectivity index (χ3n) is 5.23. The van der Waals surface area contributed by atoms with Gasteiger partial charge in [0.15, 0.2) is 10.8 Å². The van der Waals surface area contributed by atoms with E-state index < -0.39 is 0 Å². The van der Waals surface area contributed by atoms with Crippen molar-refractivity contribution in [2.24, 2.45) is 0 Å². The number of nitrogens with zero attached hydrogens (tertiary/aromatic N) is 3. The Bertz CT molecular complexity index is 1540. The summed E-state index contributed by atoms with van der Waals surface area (Å²) in [6.07, 6.45) is 1.47. The van der Waals surface area contributed by atoms with Crippen molar-refractivity contribution in [1.29, 1.82) is 0 Å². The van der Waals surface area contributed by atoms with Gasteiger partial charge < -0.3 is 5.32 Å². The fourth-order valence-electron chi connectivity index (χ4n) is 3.60. The number of amides is 1.